The number of hydrogen-bond acceptors (Lipinski definition) is 2. The summed E-state index contributed by atoms with van der Waals surface area (Å²) in [6.07, 6.45) is 0. The van der Waals surface area contributed by atoms with Crippen LogP contribution in [0.1, 0.15) is 5.56 Å². The molecule has 2 nitrogen and oxygen atoms in total. The highest BCUT2D eigenvalue weighted by Gasteiger charge is 2.16. The van der Waals surface area contributed by atoms with Gasteiger partial charge in [0.05, 0.1) is 31.3 Å². The Balaban J connectivity index is 2.00. The fraction of sp³-hybridized carbons (Fsp3) is 0.0500. The van der Waals surface area contributed by atoms with Crippen molar-refractivity contribution >= 4 is 49.6 Å². The highest BCUT2D eigenvalue weighted by Crippen LogP contribution is 2.33. The molecule has 2 aromatic carbocycles. The van der Waals surface area contributed by atoms with E-state index in [4.69, 9.17) is 11.6 Å². The van der Waals surface area contributed by atoms with Crippen molar-refractivity contribution in [2.24, 2.45) is 0 Å². The van der Waals surface area contributed by atoms with E-state index in [1.54, 1.807) is 12.1 Å². The molecular formula is C20H11BrClF2NOS. The number of aromatic nitrogens is 1. The Hall–Kier alpha value is -2.02. The Morgan fingerprint density at radius 1 is 1.07 bits per heavy atom. The molecule has 0 N–H and O–H groups in total. The van der Waals surface area contributed by atoms with E-state index in [0.717, 1.165) is 14.7 Å². The lowest BCUT2D eigenvalue weighted by atomic mass is 10.1. The second-order valence-electron chi connectivity index (χ2n) is 5.96. The van der Waals surface area contributed by atoms with Crippen molar-refractivity contribution in [1.29, 1.82) is 0 Å². The lowest BCUT2D eigenvalue weighted by Crippen LogP contribution is -2.23. The summed E-state index contributed by atoms with van der Waals surface area (Å²) < 4.78 is 29.8. The first-order valence-electron chi connectivity index (χ1n) is 7.96. The zero-order chi connectivity index (χ0) is 19.1. The van der Waals surface area contributed by atoms with Gasteiger partial charge in [-0.3, -0.25) is 4.79 Å². The minimum absolute atomic E-state index is 0.0308. The van der Waals surface area contributed by atoms with Gasteiger partial charge in [0.25, 0.3) is 5.56 Å². The van der Waals surface area contributed by atoms with Gasteiger partial charge in [0.15, 0.2) is 0 Å². The maximum Gasteiger partial charge on any atom is 0.260 e. The third kappa shape index (κ3) is 3.45. The molecule has 0 bridgehead atoms. The van der Waals surface area contributed by atoms with Crippen molar-refractivity contribution in [1.82, 2.24) is 4.57 Å². The molecule has 0 atom stereocenters. The molecule has 136 valence electrons. The van der Waals surface area contributed by atoms with Gasteiger partial charge in [0.1, 0.15) is 11.6 Å². The summed E-state index contributed by atoms with van der Waals surface area (Å²) in [5, 5.41) is 1.42. The summed E-state index contributed by atoms with van der Waals surface area (Å²) in [4.78, 5) is 14.1. The number of rotatable bonds is 3. The Kier molecular flexibility index (Phi) is 4.88. The number of fused-ring (bicyclic) bond motifs is 1. The van der Waals surface area contributed by atoms with E-state index < -0.39 is 11.6 Å². The van der Waals surface area contributed by atoms with E-state index in [-0.39, 0.29) is 17.7 Å². The molecule has 0 amide bonds. The average Bonchev–Trinajstić information content (AvgIpc) is 3.05. The van der Waals surface area contributed by atoms with Crippen LogP contribution >= 0.6 is 38.9 Å². The van der Waals surface area contributed by atoms with Crippen LogP contribution < -0.4 is 5.56 Å². The van der Waals surface area contributed by atoms with Gasteiger partial charge >= 0.3 is 0 Å². The van der Waals surface area contributed by atoms with Crippen LogP contribution in [0.3, 0.4) is 0 Å². The maximum atomic E-state index is 14.2. The van der Waals surface area contributed by atoms with Crippen LogP contribution in [0.15, 0.2) is 63.2 Å². The first-order valence-corrected chi connectivity index (χ1v) is 9.94. The zero-order valence-corrected chi connectivity index (χ0v) is 16.8. The molecule has 0 aliphatic rings. The van der Waals surface area contributed by atoms with Gasteiger partial charge in [-0.25, -0.2) is 8.78 Å². The molecule has 0 fully saturated rings. The van der Waals surface area contributed by atoms with Crippen LogP contribution in [0.25, 0.3) is 21.3 Å². The minimum Gasteiger partial charge on any atom is -0.302 e. The summed E-state index contributed by atoms with van der Waals surface area (Å²) >= 11 is 11.1. The molecule has 2 heterocycles. The number of thiophene rings is 1. The van der Waals surface area contributed by atoms with Crippen LogP contribution in [0.4, 0.5) is 8.78 Å². The van der Waals surface area contributed by atoms with Crippen LogP contribution in [-0.2, 0) is 6.54 Å². The second kappa shape index (κ2) is 7.19. The molecule has 0 radical (unpaired) electrons. The van der Waals surface area contributed by atoms with E-state index in [0.29, 0.717) is 21.5 Å². The van der Waals surface area contributed by atoms with E-state index in [1.807, 2.05) is 24.3 Å². The van der Waals surface area contributed by atoms with Gasteiger partial charge in [-0.1, -0.05) is 29.8 Å². The summed E-state index contributed by atoms with van der Waals surface area (Å²) in [5.41, 5.74) is 0.553. The fourth-order valence-corrected chi connectivity index (χ4v) is 4.66. The smallest absolute Gasteiger partial charge is 0.260 e. The van der Waals surface area contributed by atoms with Gasteiger partial charge in [-0.2, -0.15) is 0 Å². The first kappa shape index (κ1) is 18.3. The molecule has 4 rings (SSSR count). The predicted octanol–water partition coefficient (Wildman–Crippen LogP) is 6.47. The van der Waals surface area contributed by atoms with Crippen molar-refractivity contribution in [3.05, 3.63) is 91.0 Å². The molecule has 2 aromatic heterocycles. The lowest BCUT2D eigenvalue weighted by molar-refractivity contribution is 0.565. The van der Waals surface area contributed by atoms with Crippen LogP contribution in [0, 0.1) is 11.6 Å². The minimum atomic E-state index is -0.695. The number of halogens is 4. The van der Waals surface area contributed by atoms with Crippen LogP contribution in [0.5, 0.6) is 0 Å². The van der Waals surface area contributed by atoms with Crippen molar-refractivity contribution in [3.8, 4) is 10.6 Å². The highest BCUT2D eigenvalue weighted by atomic mass is 79.9. The van der Waals surface area contributed by atoms with Crippen molar-refractivity contribution < 1.29 is 8.78 Å². The standard InChI is InChI=1S/C20H11BrClF2NOS/c21-18-7-6-17(27-18)16-8-11-2-1-3-14(22)19(11)20(26)25(16)10-12-4-5-13(23)9-15(12)24/h1-9H,10H2. The molecule has 4 aromatic rings. The molecular weight excluding hydrogens is 456 g/mol. The molecule has 0 aliphatic carbocycles. The average molecular weight is 467 g/mol. The summed E-state index contributed by atoms with van der Waals surface area (Å²) in [5.74, 6) is -1.35. The molecule has 0 spiro atoms. The highest BCUT2D eigenvalue weighted by molar-refractivity contribution is 9.11. The monoisotopic (exact) mass is 465 g/mol. The Morgan fingerprint density at radius 2 is 1.89 bits per heavy atom. The number of nitrogens with zero attached hydrogens (tertiary/aromatic N) is 1. The maximum absolute atomic E-state index is 14.2. The molecule has 0 aliphatic heterocycles. The second-order valence-corrected chi connectivity index (χ2v) is 8.83. The van der Waals surface area contributed by atoms with Crippen molar-refractivity contribution in [3.63, 3.8) is 0 Å². The van der Waals surface area contributed by atoms with E-state index in [1.165, 1.54) is 28.0 Å². The third-order valence-corrected chi connectivity index (χ3v) is 6.22. The van der Waals surface area contributed by atoms with Gasteiger partial charge < -0.3 is 4.57 Å². The number of pyridine rings is 1. The lowest BCUT2D eigenvalue weighted by Gasteiger charge is -2.15. The largest absolute Gasteiger partial charge is 0.302 e. The topological polar surface area (TPSA) is 22.0 Å². The first-order chi connectivity index (χ1) is 12.9. The van der Waals surface area contributed by atoms with Gasteiger partial charge in [-0.15, -0.1) is 11.3 Å². The van der Waals surface area contributed by atoms with E-state index >= 15 is 0 Å². The fourth-order valence-electron chi connectivity index (χ4n) is 2.99. The SMILES string of the molecule is O=c1c2c(Cl)cccc2cc(-c2ccc(Br)s2)n1Cc1ccc(F)cc1F. The summed E-state index contributed by atoms with van der Waals surface area (Å²) in [7, 11) is 0. The summed E-state index contributed by atoms with van der Waals surface area (Å²) in [6, 6.07) is 14.2. The molecule has 27 heavy (non-hydrogen) atoms. The molecule has 0 unspecified atom stereocenters. The third-order valence-electron chi connectivity index (χ3n) is 4.26. The number of hydrogen-bond donors (Lipinski definition) is 0. The molecule has 7 heteroatoms. The van der Waals surface area contributed by atoms with E-state index in [9.17, 15) is 13.6 Å². The number of benzene rings is 2. The van der Waals surface area contributed by atoms with Crippen LogP contribution in [0.2, 0.25) is 5.02 Å². The van der Waals surface area contributed by atoms with Crippen molar-refractivity contribution in [2.45, 2.75) is 6.54 Å². The Morgan fingerprint density at radius 3 is 2.59 bits per heavy atom. The Labute approximate surface area is 170 Å². The van der Waals surface area contributed by atoms with Gasteiger partial charge in [-0.05, 0) is 51.6 Å². The Bertz CT molecular complexity index is 1230. The molecule has 0 saturated heterocycles. The zero-order valence-electron chi connectivity index (χ0n) is 13.7. The van der Waals surface area contributed by atoms with Gasteiger partial charge in [0.2, 0.25) is 0 Å². The van der Waals surface area contributed by atoms with E-state index in [2.05, 4.69) is 15.9 Å². The van der Waals surface area contributed by atoms with Gasteiger partial charge in [0, 0.05) is 11.6 Å². The molecule has 0 saturated carbocycles. The normalized spacial score (nSPS) is 11.3. The summed E-state index contributed by atoms with van der Waals surface area (Å²) in [6.45, 7) is -0.0308. The van der Waals surface area contributed by atoms with Crippen LogP contribution in [-0.4, -0.2) is 4.57 Å². The van der Waals surface area contributed by atoms with Crippen molar-refractivity contribution in [2.75, 3.05) is 0 Å². The quantitative estimate of drug-likeness (QED) is 0.339. The predicted molar refractivity (Wildman–Crippen MR) is 110 cm³/mol.